The molecule has 132 valence electrons. The van der Waals surface area contributed by atoms with Crippen molar-refractivity contribution in [2.45, 2.75) is 6.92 Å². The number of hydrogen-bond donors (Lipinski definition) is 1. The molecule has 0 aliphatic carbocycles. The van der Waals surface area contributed by atoms with Crippen molar-refractivity contribution in [1.82, 2.24) is 14.9 Å². The summed E-state index contributed by atoms with van der Waals surface area (Å²) in [5.41, 5.74) is 1.69. The fourth-order valence-electron chi connectivity index (χ4n) is 2.68. The molecule has 1 aromatic heterocycles. The van der Waals surface area contributed by atoms with E-state index in [-0.39, 0.29) is 0 Å². The minimum absolute atomic E-state index is 0.531. The van der Waals surface area contributed by atoms with E-state index in [9.17, 15) is 4.79 Å². The zero-order valence-corrected chi connectivity index (χ0v) is 15.0. The van der Waals surface area contributed by atoms with Crippen LogP contribution in [0.1, 0.15) is 5.69 Å². The topological polar surface area (TPSA) is 70.6 Å². The van der Waals surface area contributed by atoms with Gasteiger partial charge in [0.2, 0.25) is 12.4 Å². The van der Waals surface area contributed by atoms with E-state index in [0.29, 0.717) is 35.6 Å². The summed E-state index contributed by atoms with van der Waals surface area (Å²) in [4.78, 5) is 23.8. The minimum Gasteiger partial charge on any atom is -0.495 e. The van der Waals surface area contributed by atoms with Gasteiger partial charge in [0.05, 0.1) is 12.1 Å². The number of piperazine rings is 1. The highest BCUT2D eigenvalue weighted by atomic mass is 35.5. The van der Waals surface area contributed by atoms with Crippen LogP contribution in [0.2, 0.25) is 5.02 Å². The van der Waals surface area contributed by atoms with Gasteiger partial charge in [-0.15, -0.1) is 0 Å². The van der Waals surface area contributed by atoms with Crippen LogP contribution in [-0.4, -0.2) is 54.6 Å². The molecule has 1 fully saturated rings. The summed E-state index contributed by atoms with van der Waals surface area (Å²) in [6.07, 6.45) is 0.884. The zero-order valence-electron chi connectivity index (χ0n) is 14.2. The molecular weight excluding hydrogens is 342 g/mol. The van der Waals surface area contributed by atoms with Crippen molar-refractivity contribution >= 4 is 35.5 Å². The van der Waals surface area contributed by atoms with Gasteiger partial charge in [0.25, 0.3) is 0 Å². The summed E-state index contributed by atoms with van der Waals surface area (Å²) in [5, 5.41) is 3.78. The highest BCUT2D eigenvalue weighted by Crippen LogP contribution is 2.29. The molecule has 1 amide bonds. The number of carbonyl (C=O) groups is 1. The van der Waals surface area contributed by atoms with Crippen molar-refractivity contribution in [2.24, 2.45) is 0 Å². The molecular formula is C17H20ClN5O2. The van der Waals surface area contributed by atoms with Crippen molar-refractivity contribution in [1.29, 1.82) is 0 Å². The number of nitrogens with one attached hydrogen (secondary N) is 1. The molecule has 0 bridgehead atoms. The maximum atomic E-state index is 10.8. The molecule has 1 aliphatic heterocycles. The van der Waals surface area contributed by atoms with E-state index in [1.807, 2.05) is 19.1 Å². The number of amides is 1. The van der Waals surface area contributed by atoms with Crippen LogP contribution in [-0.2, 0) is 4.79 Å². The van der Waals surface area contributed by atoms with Crippen LogP contribution in [0.4, 0.5) is 17.5 Å². The number of carbonyl (C=O) groups excluding carboxylic acids is 1. The van der Waals surface area contributed by atoms with E-state index in [0.717, 1.165) is 30.9 Å². The number of ether oxygens (including phenoxy) is 1. The number of halogens is 1. The van der Waals surface area contributed by atoms with E-state index in [1.54, 1.807) is 24.1 Å². The highest BCUT2D eigenvalue weighted by Gasteiger charge is 2.18. The Labute approximate surface area is 151 Å². The first-order chi connectivity index (χ1) is 12.1. The van der Waals surface area contributed by atoms with Crippen molar-refractivity contribution in [3.63, 3.8) is 0 Å². The predicted molar refractivity (Wildman–Crippen MR) is 97.9 cm³/mol. The standard InChI is InChI=1S/C17H20ClN5O2/c1-12-9-16(20-13-3-4-15(25-2)14(18)10-13)21-17(19-12)23-7-5-22(11-24)6-8-23/h3-4,9-11H,5-8H2,1-2H3,(H,19,20,21). The summed E-state index contributed by atoms with van der Waals surface area (Å²) < 4.78 is 5.16. The molecule has 0 radical (unpaired) electrons. The van der Waals surface area contributed by atoms with Gasteiger partial charge >= 0.3 is 0 Å². The first kappa shape index (κ1) is 17.3. The summed E-state index contributed by atoms with van der Waals surface area (Å²) in [7, 11) is 1.58. The second-order valence-electron chi connectivity index (χ2n) is 5.80. The summed E-state index contributed by atoms with van der Waals surface area (Å²) >= 11 is 6.17. The molecule has 0 unspecified atom stereocenters. The summed E-state index contributed by atoms with van der Waals surface area (Å²) in [6, 6.07) is 7.35. The molecule has 2 aromatic rings. The fraction of sp³-hybridized carbons (Fsp3) is 0.353. The molecule has 3 rings (SSSR count). The zero-order chi connectivity index (χ0) is 17.8. The van der Waals surface area contributed by atoms with E-state index in [1.165, 1.54) is 0 Å². The maximum Gasteiger partial charge on any atom is 0.227 e. The Morgan fingerprint density at radius 1 is 1.20 bits per heavy atom. The molecule has 1 N–H and O–H groups in total. The van der Waals surface area contributed by atoms with Crippen molar-refractivity contribution in [3.8, 4) is 5.75 Å². The number of aryl methyl sites for hydroxylation is 1. The molecule has 25 heavy (non-hydrogen) atoms. The lowest BCUT2D eigenvalue weighted by molar-refractivity contribution is -0.118. The number of aromatic nitrogens is 2. The first-order valence-corrected chi connectivity index (χ1v) is 8.37. The Morgan fingerprint density at radius 2 is 1.96 bits per heavy atom. The monoisotopic (exact) mass is 361 g/mol. The van der Waals surface area contributed by atoms with Gasteiger partial charge in [0, 0.05) is 43.6 Å². The average Bonchev–Trinajstić information content (AvgIpc) is 2.61. The predicted octanol–water partition coefficient (Wildman–Crippen LogP) is 2.47. The Hall–Kier alpha value is -2.54. The normalized spacial score (nSPS) is 14.4. The lowest BCUT2D eigenvalue weighted by atomic mass is 10.3. The molecule has 7 nitrogen and oxygen atoms in total. The molecule has 1 aromatic carbocycles. The molecule has 0 spiro atoms. The van der Waals surface area contributed by atoms with Gasteiger partial charge in [-0.1, -0.05) is 11.6 Å². The number of benzene rings is 1. The SMILES string of the molecule is COc1ccc(Nc2cc(C)nc(N3CCN(C=O)CC3)n2)cc1Cl. The number of anilines is 3. The number of hydrogen-bond acceptors (Lipinski definition) is 6. The average molecular weight is 362 g/mol. The van der Waals surface area contributed by atoms with Crippen molar-refractivity contribution < 1.29 is 9.53 Å². The maximum absolute atomic E-state index is 10.8. The van der Waals surface area contributed by atoms with E-state index in [2.05, 4.69) is 20.2 Å². The summed E-state index contributed by atoms with van der Waals surface area (Å²) in [5.74, 6) is 1.98. The van der Waals surface area contributed by atoms with Gasteiger partial charge in [-0.05, 0) is 25.1 Å². The van der Waals surface area contributed by atoms with Gasteiger partial charge in [0.1, 0.15) is 11.6 Å². The Bertz CT molecular complexity index is 763. The third-order valence-electron chi connectivity index (χ3n) is 4.01. The third-order valence-corrected chi connectivity index (χ3v) is 4.31. The highest BCUT2D eigenvalue weighted by molar-refractivity contribution is 6.32. The van der Waals surface area contributed by atoms with E-state index in [4.69, 9.17) is 16.3 Å². The quantitative estimate of drug-likeness (QED) is 0.825. The van der Waals surface area contributed by atoms with Crippen LogP contribution < -0.4 is 15.0 Å². The van der Waals surface area contributed by atoms with Crippen LogP contribution in [0.3, 0.4) is 0 Å². The molecule has 2 heterocycles. The molecule has 1 aliphatic rings. The van der Waals surface area contributed by atoms with Crippen LogP contribution in [0, 0.1) is 6.92 Å². The largest absolute Gasteiger partial charge is 0.495 e. The van der Waals surface area contributed by atoms with Crippen LogP contribution in [0.25, 0.3) is 0 Å². The molecule has 1 saturated heterocycles. The van der Waals surface area contributed by atoms with Gasteiger partial charge in [0.15, 0.2) is 0 Å². The van der Waals surface area contributed by atoms with E-state index < -0.39 is 0 Å². The lowest BCUT2D eigenvalue weighted by Crippen LogP contribution is -2.46. The fourth-order valence-corrected chi connectivity index (χ4v) is 2.94. The molecule has 8 heteroatoms. The van der Waals surface area contributed by atoms with Crippen molar-refractivity contribution in [3.05, 3.63) is 35.0 Å². The molecule has 0 atom stereocenters. The first-order valence-electron chi connectivity index (χ1n) is 7.99. The second-order valence-corrected chi connectivity index (χ2v) is 6.20. The van der Waals surface area contributed by atoms with Crippen molar-refractivity contribution in [2.75, 3.05) is 43.5 Å². The Kier molecular flexibility index (Phi) is 5.23. The van der Waals surface area contributed by atoms with E-state index >= 15 is 0 Å². The number of methoxy groups -OCH3 is 1. The minimum atomic E-state index is 0.531. The molecule has 0 saturated carbocycles. The second kappa shape index (κ2) is 7.57. The van der Waals surface area contributed by atoms with Gasteiger partial charge < -0.3 is 19.9 Å². The smallest absolute Gasteiger partial charge is 0.227 e. The number of rotatable bonds is 5. The van der Waals surface area contributed by atoms with Gasteiger partial charge in [-0.3, -0.25) is 4.79 Å². The van der Waals surface area contributed by atoms with Crippen LogP contribution >= 0.6 is 11.6 Å². The van der Waals surface area contributed by atoms with Gasteiger partial charge in [-0.2, -0.15) is 4.98 Å². The van der Waals surface area contributed by atoms with Crippen LogP contribution in [0.15, 0.2) is 24.3 Å². The summed E-state index contributed by atoms with van der Waals surface area (Å²) in [6.45, 7) is 4.72. The Morgan fingerprint density at radius 3 is 2.60 bits per heavy atom. The third kappa shape index (κ3) is 4.11. The number of nitrogens with zero attached hydrogens (tertiary/aromatic N) is 4. The van der Waals surface area contributed by atoms with Crippen LogP contribution in [0.5, 0.6) is 5.75 Å². The Balaban J connectivity index is 1.77. The van der Waals surface area contributed by atoms with Gasteiger partial charge in [-0.25, -0.2) is 4.98 Å². The lowest BCUT2D eigenvalue weighted by Gasteiger charge is -2.32.